The van der Waals surface area contributed by atoms with Crippen molar-refractivity contribution in [2.45, 2.75) is 77.4 Å². The molecule has 2 atom stereocenters. The molecule has 0 radical (unpaired) electrons. The van der Waals surface area contributed by atoms with Gasteiger partial charge in [0.25, 0.3) is 0 Å². The first kappa shape index (κ1) is 23.3. The van der Waals surface area contributed by atoms with Crippen molar-refractivity contribution in [1.29, 1.82) is 0 Å². The summed E-state index contributed by atoms with van der Waals surface area (Å²) < 4.78 is 47.3. The number of fused-ring (bicyclic) bond motifs is 1. The summed E-state index contributed by atoms with van der Waals surface area (Å²) in [6.45, 7) is 6.56. The quantitative estimate of drug-likeness (QED) is 0.731. The number of carbonyl (C=O) groups excluding carboxylic acids is 1. The zero-order valence-corrected chi connectivity index (χ0v) is 18.7. The molecule has 0 bridgehead atoms. The summed E-state index contributed by atoms with van der Waals surface area (Å²) in [7, 11) is 0. The molecule has 9 heteroatoms. The Bertz CT molecular complexity index is 826. The van der Waals surface area contributed by atoms with Gasteiger partial charge in [-0.25, -0.2) is 0 Å². The van der Waals surface area contributed by atoms with Crippen LogP contribution in [0.5, 0.6) is 5.75 Å². The smallest absolute Gasteiger partial charge is 0.404 e. The predicted octanol–water partition coefficient (Wildman–Crippen LogP) is 3.83. The molecule has 32 heavy (non-hydrogen) atoms. The molecule has 2 aliphatic heterocycles. The number of halogens is 3. The highest BCUT2D eigenvalue weighted by molar-refractivity contribution is 5.83. The first-order valence-electron chi connectivity index (χ1n) is 11.5. The van der Waals surface area contributed by atoms with Crippen LogP contribution in [0.3, 0.4) is 0 Å². The maximum absolute atomic E-state index is 13.8. The molecule has 6 nitrogen and oxygen atoms in total. The Labute approximate surface area is 186 Å². The van der Waals surface area contributed by atoms with E-state index in [4.69, 9.17) is 4.74 Å². The average molecular weight is 456 g/mol. The Hall–Kier alpha value is -1.87. The zero-order chi connectivity index (χ0) is 22.9. The number of carbonyl (C=O) groups is 1. The predicted molar refractivity (Wildman–Crippen MR) is 112 cm³/mol. The van der Waals surface area contributed by atoms with Crippen molar-refractivity contribution in [2.75, 3.05) is 19.8 Å². The Morgan fingerprint density at radius 2 is 2.03 bits per heavy atom. The molecule has 3 aliphatic rings. The highest BCUT2D eigenvalue weighted by Gasteiger charge is 2.49. The third-order valence-electron chi connectivity index (χ3n) is 7.31. The Morgan fingerprint density at radius 1 is 1.28 bits per heavy atom. The topological polar surface area (TPSA) is 63.7 Å². The molecule has 0 unspecified atom stereocenters. The molecule has 1 N–H and O–H groups in total. The number of ether oxygens (including phenoxy) is 2. The molecule has 0 spiro atoms. The summed E-state index contributed by atoms with van der Waals surface area (Å²) in [6, 6.07) is 2.10. The van der Waals surface area contributed by atoms with Crippen LogP contribution in [-0.4, -0.2) is 54.0 Å². The van der Waals surface area contributed by atoms with E-state index in [1.54, 1.807) is 4.90 Å². The number of nitrogens with zero attached hydrogens (tertiary/aromatic N) is 2. The molecule has 0 aromatic carbocycles. The van der Waals surface area contributed by atoms with Crippen LogP contribution in [0.25, 0.3) is 0 Å². The third-order valence-corrected chi connectivity index (χ3v) is 7.31. The van der Waals surface area contributed by atoms with Gasteiger partial charge in [0, 0.05) is 50.5 Å². The minimum Gasteiger partial charge on any atom is -0.404 e. The fraction of sp³-hybridized carbons (Fsp3) is 0.739. The molecule has 1 aliphatic carbocycles. The number of nitrogens with one attached hydrogen (secondary N) is 1. The molecular weight excluding hydrogens is 423 g/mol. The molecular formula is C23H32F3N3O3. The van der Waals surface area contributed by atoms with E-state index in [1.807, 2.05) is 0 Å². The van der Waals surface area contributed by atoms with Crippen molar-refractivity contribution in [3.05, 3.63) is 23.5 Å². The van der Waals surface area contributed by atoms with E-state index in [0.29, 0.717) is 30.6 Å². The van der Waals surface area contributed by atoms with Gasteiger partial charge in [0.15, 0.2) is 0 Å². The number of hydrogen-bond donors (Lipinski definition) is 1. The largest absolute Gasteiger partial charge is 0.573 e. The fourth-order valence-electron chi connectivity index (χ4n) is 5.46. The van der Waals surface area contributed by atoms with Crippen molar-refractivity contribution in [3.63, 3.8) is 0 Å². The zero-order valence-electron chi connectivity index (χ0n) is 18.7. The molecule has 3 heterocycles. The van der Waals surface area contributed by atoms with Crippen LogP contribution in [0.15, 0.2) is 12.3 Å². The molecule has 178 valence electrons. The molecule has 1 aromatic rings. The highest BCUT2D eigenvalue weighted by Crippen LogP contribution is 2.46. The van der Waals surface area contributed by atoms with E-state index >= 15 is 0 Å². The number of aromatic nitrogens is 1. The Kier molecular flexibility index (Phi) is 6.68. The van der Waals surface area contributed by atoms with Crippen LogP contribution >= 0.6 is 0 Å². The second kappa shape index (κ2) is 9.17. The molecule has 1 saturated heterocycles. The summed E-state index contributed by atoms with van der Waals surface area (Å²) in [5.74, 6) is -0.0572. The summed E-state index contributed by atoms with van der Waals surface area (Å²) in [4.78, 5) is 19.7. The molecule has 1 amide bonds. The summed E-state index contributed by atoms with van der Waals surface area (Å²) in [5, 5.41) is 3.75. The van der Waals surface area contributed by atoms with Gasteiger partial charge in [-0.15, -0.1) is 13.2 Å². The SMILES string of the molecule is CC(C)[C@]1(C(=O)N2CCc3ncc(OC(F)(F)F)cc3C2)CC[C@@H](NC2CCOCC2)C1. The minimum absolute atomic E-state index is 0.108. The second-order valence-corrected chi connectivity index (χ2v) is 9.61. The van der Waals surface area contributed by atoms with Gasteiger partial charge in [0.2, 0.25) is 5.91 Å². The van der Waals surface area contributed by atoms with Gasteiger partial charge >= 0.3 is 6.36 Å². The Balaban J connectivity index is 1.46. The van der Waals surface area contributed by atoms with Gasteiger partial charge in [0.1, 0.15) is 5.75 Å². The van der Waals surface area contributed by atoms with Crippen LogP contribution < -0.4 is 10.1 Å². The molecule has 2 fully saturated rings. The number of rotatable bonds is 5. The summed E-state index contributed by atoms with van der Waals surface area (Å²) >= 11 is 0. The van der Waals surface area contributed by atoms with E-state index in [0.717, 1.165) is 57.2 Å². The standard InChI is InChI=1S/C23H32F3N3O3/c1-15(2)22(7-3-18(12-22)28-17-5-9-31-10-6-17)21(30)29-8-4-20-16(14-29)11-19(13-27-20)32-23(24,25)26/h11,13,15,17-18,28H,3-10,12,14H2,1-2H3/t18-,22+/m1/s1. The number of amides is 1. The minimum atomic E-state index is -4.77. The van der Waals surface area contributed by atoms with Gasteiger partial charge in [-0.1, -0.05) is 13.8 Å². The summed E-state index contributed by atoms with van der Waals surface area (Å²) in [6.07, 6.45) is 1.43. The normalized spacial score (nSPS) is 26.9. The van der Waals surface area contributed by atoms with Gasteiger partial charge < -0.3 is 19.7 Å². The average Bonchev–Trinajstić information content (AvgIpc) is 3.17. The van der Waals surface area contributed by atoms with Crippen LogP contribution in [0.4, 0.5) is 13.2 Å². The van der Waals surface area contributed by atoms with Gasteiger partial charge in [0.05, 0.1) is 11.6 Å². The van der Waals surface area contributed by atoms with E-state index < -0.39 is 11.8 Å². The van der Waals surface area contributed by atoms with Crippen molar-refractivity contribution >= 4 is 5.91 Å². The van der Waals surface area contributed by atoms with Crippen molar-refractivity contribution in [3.8, 4) is 5.75 Å². The highest BCUT2D eigenvalue weighted by atomic mass is 19.4. The molecule has 4 rings (SSSR count). The lowest BCUT2D eigenvalue weighted by Crippen LogP contribution is -2.49. The Morgan fingerprint density at radius 3 is 2.72 bits per heavy atom. The first-order chi connectivity index (χ1) is 15.2. The van der Waals surface area contributed by atoms with E-state index in [9.17, 15) is 18.0 Å². The number of pyridine rings is 1. The maximum Gasteiger partial charge on any atom is 0.573 e. The van der Waals surface area contributed by atoms with E-state index in [-0.39, 0.29) is 24.1 Å². The number of alkyl halides is 3. The van der Waals surface area contributed by atoms with E-state index in [1.165, 1.54) is 6.07 Å². The maximum atomic E-state index is 13.8. The van der Waals surface area contributed by atoms with Crippen LogP contribution in [0, 0.1) is 11.3 Å². The fourth-order valence-corrected chi connectivity index (χ4v) is 5.46. The van der Waals surface area contributed by atoms with Gasteiger partial charge in [-0.05, 0) is 49.7 Å². The monoisotopic (exact) mass is 455 g/mol. The van der Waals surface area contributed by atoms with Gasteiger partial charge in [-0.3, -0.25) is 9.78 Å². The lowest BCUT2D eigenvalue weighted by molar-refractivity contribution is -0.274. The molecule has 1 aromatic heterocycles. The third kappa shape index (κ3) is 5.03. The van der Waals surface area contributed by atoms with Crippen molar-refractivity contribution in [2.24, 2.45) is 11.3 Å². The van der Waals surface area contributed by atoms with Crippen molar-refractivity contribution < 1.29 is 27.4 Å². The van der Waals surface area contributed by atoms with Crippen molar-refractivity contribution in [1.82, 2.24) is 15.2 Å². The lowest BCUT2D eigenvalue weighted by Gasteiger charge is -2.39. The van der Waals surface area contributed by atoms with Crippen LogP contribution in [0.2, 0.25) is 0 Å². The van der Waals surface area contributed by atoms with Gasteiger partial charge in [-0.2, -0.15) is 0 Å². The second-order valence-electron chi connectivity index (χ2n) is 9.61. The molecule has 1 saturated carbocycles. The summed E-state index contributed by atoms with van der Waals surface area (Å²) in [5.41, 5.74) is 0.904. The van der Waals surface area contributed by atoms with E-state index in [2.05, 4.69) is 28.9 Å². The number of hydrogen-bond acceptors (Lipinski definition) is 5. The van der Waals surface area contributed by atoms with Crippen LogP contribution in [0.1, 0.15) is 57.2 Å². The van der Waals surface area contributed by atoms with Crippen LogP contribution in [-0.2, 0) is 22.5 Å². The lowest BCUT2D eigenvalue weighted by atomic mass is 9.74. The first-order valence-corrected chi connectivity index (χ1v) is 11.5.